The molecule has 2 aromatic heterocycles. The minimum atomic E-state index is 0.0301. The van der Waals surface area contributed by atoms with Crippen molar-refractivity contribution in [3.63, 3.8) is 0 Å². The highest BCUT2D eigenvalue weighted by Crippen LogP contribution is 2.25. The lowest BCUT2D eigenvalue weighted by Gasteiger charge is -2.03. The van der Waals surface area contributed by atoms with Gasteiger partial charge in [-0.05, 0) is 20.2 Å². The van der Waals surface area contributed by atoms with Crippen LogP contribution in [0.3, 0.4) is 0 Å². The van der Waals surface area contributed by atoms with Crippen molar-refractivity contribution >= 4 is 0 Å². The number of aromatic hydroxyl groups is 1. The molecular formula is C10H12N4O2. The molecule has 0 amide bonds. The van der Waals surface area contributed by atoms with Crippen LogP contribution in [0.2, 0.25) is 0 Å². The molecule has 0 aliphatic heterocycles. The van der Waals surface area contributed by atoms with Gasteiger partial charge in [0.15, 0.2) is 5.82 Å². The summed E-state index contributed by atoms with van der Waals surface area (Å²) in [5.74, 6) is 0.913. The Morgan fingerprint density at radius 1 is 1.44 bits per heavy atom. The van der Waals surface area contributed by atoms with Crippen LogP contribution in [0.15, 0.2) is 23.0 Å². The summed E-state index contributed by atoms with van der Waals surface area (Å²) >= 11 is 0. The van der Waals surface area contributed by atoms with Gasteiger partial charge in [0.2, 0.25) is 0 Å². The molecule has 2 rings (SSSR count). The molecule has 0 aromatic carbocycles. The fourth-order valence-electron chi connectivity index (χ4n) is 1.28. The van der Waals surface area contributed by atoms with Crippen molar-refractivity contribution in [1.29, 1.82) is 0 Å². The normalized spacial score (nSPS) is 10.9. The van der Waals surface area contributed by atoms with Crippen LogP contribution in [0.4, 0.5) is 0 Å². The molecule has 0 unspecified atom stereocenters. The van der Waals surface area contributed by atoms with Crippen molar-refractivity contribution in [3.8, 4) is 17.2 Å². The smallest absolute Gasteiger partial charge is 0.261 e. The van der Waals surface area contributed by atoms with Crippen molar-refractivity contribution < 1.29 is 9.63 Å². The Kier molecular flexibility index (Phi) is 2.82. The lowest BCUT2D eigenvalue weighted by atomic mass is 10.2. The molecule has 0 atom stereocenters. The van der Waals surface area contributed by atoms with E-state index in [-0.39, 0.29) is 5.75 Å². The average molecular weight is 220 g/mol. The summed E-state index contributed by atoms with van der Waals surface area (Å²) < 4.78 is 5.06. The van der Waals surface area contributed by atoms with E-state index in [2.05, 4.69) is 15.1 Å². The predicted molar refractivity (Wildman–Crippen MR) is 56.6 cm³/mol. The molecule has 0 fully saturated rings. The maximum atomic E-state index is 9.55. The van der Waals surface area contributed by atoms with E-state index >= 15 is 0 Å². The molecule has 16 heavy (non-hydrogen) atoms. The molecule has 0 spiro atoms. The topological polar surface area (TPSA) is 75.3 Å². The molecule has 0 aliphatic carbocycles. The van der Waals surface area contributed by atoms with Gasteiger partial charge in [-0.2, -0.15) is 4.98 Å². The maximum absolute atomic E-state index is 9.55. The van der Waals surface area contributed by atoms with E-state index < -0.39 is 0 Å². The molecule has 0 aliphatic rings. The minimum absolute atomic E-state index is 0.0301. The second kappa shape index (κ2) is 4.28. The number of aromatic nitrogens is 3. The van der Waals surface area contributed by atoms with Crippen molar-refractivity contribution in [2.75, 3.05) is 14.1 Å². The summed E-state index contributed by atoms with van der Waals surface area (Å²) in [7, 11) is 3.83. The van der Waals surface area contributed by atoms with Gasteiger partial charge in [0.1, 0.15) is 5.75 Å². The highest BCUT2D eigenvalue weighted by Gasteiger charge is 2.12. The van der Waals surface area contributed by atoms with Gasteiger partial charge in [0.05, 0.1) is 18.3 Å². The van der Waals surface area contributed by atoms with Crippen molar-refractivity contribution in [1.82, 2.24) is 20.0 Å². The minimum Gasteiger partial charge on any atom is -0.505 e. The van der Waals surface area contributed by atoms with E-state index in [0.717, 1.165) is 0 Å². The molecule has 0 saturated heterocycles. The van der Waals surface area contributed by atoms with E-state index in [1.165, 1.54) is 6.20 Å². The maximum Gasteiger partial charge on any atom is 0.261 e. The fraction of sp³-hybridized carbons (Fsp3) is 0.300. The first-order chi connectivity index (χ1) is 7.66. The van der Waals surface area contributed by atoms with Gasteiger partial charge in [-0.3, -0.25) is 4.98 Å². The zero-order chi connectivity index (χ0) is 11.5. The number of rotatable bonds is 3. The van der Waals surface area contributed by atoms with Gasteiger partial charge in [-0.1, -0.05) is 5.16 Å². The molecule has 2 heterocycles. The monoisotopic (exact) mass is 220 g/mol. The van der Waals surface area contributed by atoms with E-state index in [9.17, 15) is 5.11 Å². The van der Waals surface area contributed by atoms with Gasteiger partial charge < -0.3 is 14.5 Å². The quantitative estimate of drug-likeness (QED) is 0.828. The Morgan fingerprint density at radius 3 is 2.94 bits per heavy atom. The van der Waals surface area contributed by atoms with Crippen LogP contribution in [0, 0.1) is 0 Å². The standard InChI is InChI=1S/C10H12N4O2/c1-14(2)6-9-12-10(16-13-9)7-3-4-11-5-8(7)15/h3-5,15H,6H2,1-2H3. The van der Waals surface area contributed by atoms with Gasteiger partial charge in [0.25, 0.3) is 5.89 Å². The summed E-state index contributed by atoms with van der Waals surface area (Å²) in [6, 6.07) is 1.63. The van der Waals surface area contributed by atoms with Crippen LogP contribution < -0.4 is 0 Å². The van der Waals surface area contributed by atoms with Crippen molar-refractivity contribution in [2.24, 2.45) is 0 Å². The highest BCUT2D eigenvalue weighted by atomic mass is 16.5. The van der Waals surface area contributed by atoms with Crippen LogP contribution >= 0.6 is 0 Å². The molecule has 2 aromatic rings. The summed E-state index contributed by atoms with van der Waals surface area (Å²) in [6.45, 7) is 0.593. The molecule has 0 bridgehead atoms. The van der Waals surface area contributed by atoms with E-state index in [1.54, 1.807) is 12.3 Å². The zero-order valence-corrected chi connectivity index (χ0v) is 9.08. The number of hydrogen-bond acceptors (Lipinski definition) is 6. The van der Waals surface area contributed by atoms with Crippen LogP contribution in [-0.2, 0) is 6.54 Å². The molecular weight excluding hydrogens is 208 g/mol. The number of hydrogen-bond donors (Lipinski definition) is 1. The van der Waals surface area contributed by atoms with Gasteiger partial charge >= 0.3 is 0 Å². The summed E-state index contributed by atoms with van der Waals surface area (Å²) in [6.07, 6.45) is 2.90. The summed E-state index contributed by atoms with van der Waals surface area (Å²) in [5.41, 5.74) is 0.493. The van der Waals surface area contributed by atoms with Crippen molar-refractivity contribution in [2.45, 2.75) is 6.54 Å². The van der Waals surface area contributed by atoms with E-state index in [1.807, 2.05) is 19.0 Å². The zero-order valence-electron chi connectivity index (χ0n) is 9.08. The van der Waals surface area contributed by atoms with Crippen LogP contribution in [0.1, 0.15) is 5.82 Å². The van der Waals surface area contributed by atoms with E-state index in [0.29, 0.717) is 23.8 Å². The molecule has 6 nitrogen and oxygen atoms in total. The Balaban J connectivity index is 2.28. The fourth-order valence-corrected chi connectivity index (χ4v) is 1.28. The Hall–Kier alpha value is -1.95. The summed E-state index contributed by atoms with van der Waals surface area (Å²) in [4.78, 5) is 9.88. The SMILES string of the molecule is CN(C)Cc1noc(-c2ccncc2O)n1. The molecule has 0 saturated carbocycles. The first-order valence-corrected chi connectivity index (χ1v) is 4.77. The molecule has 6 heteroatoms. The summed E-state index contributed by atoms with van der Waals surface area (Å²) in [5, 5.41) is 13.4. The van der Waals surface area contributed by atoms with Crippen LogP contribution in [-0.4, -0.2) is 39.2 Å². The van der Waals surface area contributed by atoms with Gasteiger partial charge in [-0.15, -0.1) is 0 Å². The van der Waals surface area contributed by atoms with Crippen LogP contribution in [0.25, 0.3) is 11.5 Å². The highest BCUT2D eigenvalue weighted by molar-refractivity contribution is 5.60. The van der Waals surface area contributed by atoms with Gasteiger partial charge in [-0.25, -0.2) is 0 Å². The Bertz CT molecular complexity index is 481. The number of pyridine rings is 1. The first kappa shape index (κ1) is 10.6. The third kappa shape index (κ3) is 2.17. The lowest BCUT2D eigenvalue weighted by Crippen LogP contribution is -2.11. The third-order valence-electron chi connectivity index (χ3n) is 1.96. The first-order valence-electron chi connectivity index (χ1n) is 4.77. The largest absolute Gasteiger partial charge is 0.505 e. The second-order valence-electron chi connectivity index (χ2n) is 3.65. The Labute approximate surface area is 92.5 Å². The molecule has 1 N–H and O–H groups in total. The predicted octanol–water partition coefficient (Wildman–Crippen LogP) is 0.899. The molecule has 84 valence electrons. The Morgan fingerprint density at radius 2 is 2.25 bits per heavy atom. The van der Waals surface area contributed by atoms with Crippen LogP contribution in [0.5, 0.6) is 5.75 Å². The van der Waals surface area contributed by atoms with Gasteiger partial charge in [0, 0.05) is 6.20 Å². The average Bonchev–Trinajstić information content (AvgIpc) is 2.66. The second-order valence-corrected chi connectivity index (χ2v) is 3.65. The van der Waals surface area contributed by atoms with Crippen molar-refractivity contribution in [3.05, 3.63) is 24.3 Å². The lowest BCUT2D eigenvalue weighted by molar-refractivity contribution is 0.365. The molecule has 0 radical (unpaired) electrons. The van der Waals surface area contributed by atoms with E-state index in [4.69, 9.17) is 4.52 Å². The third-order valence-corrected chi connectivity index (χ3v) is 1.96. The number of nitrogens with zero attached hydrogens (tertiary/aromatic N) is 4.